The van der Waals surface area contributed by atoms with Gasteiger partial charge in [0.1, 0.15) is 0 Å². The van der Waals surface area contributed by atoms with Crippen LogP contribution >= 0.6 is 0 Å². The van der Waals surface area contributed by atoms with Crippen molar-refractivity contribution in [2.75, 3.05) is 10.6 Å². The van der Waals surface area contributed by atoms with Crippen molar-refractivity contribution in [3.05, 3.63) is 47.8 Å². The number of fused-ring (bicyclic) bond motifs is 2. The van der Waals surface area contributed by atoms with E-state index in [1.54, 1.807) is 6.08 Å². The molecule has 1 aromatic carbocycles. The summed E-state index contributed by atoms with van der Waals surface area (Å²) < 4.78 is 0. The van der Waals surface area contributed by atoms with Crippen molar-refractivity contribution in [3.8, 4) is 0 Å². The molecular formula is C12H10N2O. The third-order valence-electron chi connectivity index (χ3n) is 2.57. The molecule has 1 aliphatic carbocycles. The van der Waals surface area contributed by atoms with E-state index in [1.807, 2.05) is 30.3 Å². The standard InChI is InChI=1S/C12H10N2O/c15-8-5-6-11-12(7-8)14-10-4-2-1-3-9(10)13-11/h1-4,6-7,13-14H,5H2. The highest BCUT2D eigenvalue weighted by Gasteiger charge is 2.19. The van der Waals surface area contributed by atoms with Gasteiger partial charge in [-0.2, -0.15) is 0 Å². The molecule has 0 unspecified atom stereocenters. The lowest BCUT2D eigenvalue weighted by Crippen LogP contribution is -2.20. The first-order valence-electron chi connectivity index (χ1n) is 4.91. The van der Waals surface area contributed by atoms with Gasteiger partial charge in [-0.3, -0.25) is 4.79 Å². The van der Waals surface area contributed by atoms with Crippen LogP contribution in [0, 0.1) is 0 Å². The van der Waals surface area contributed by atoms with E-state index >= 15 is 0 Å². The normalized spacial score (nSPS) is 17.7. The van der Waals surface area contributed by atoms with Gasteiger partial charge in [-0.1, -0.05) is 18.2 Å². The maximum atomic E-state index is 11.2. The van der Waals surface area contributed by atoms with Crippen molar-refractivity contribution in [2.24, 2.45) is 0 Å². The fourth-order valence-electron chi connectivity index (χ4n) is 1.82. The molecule has 1 heterocycles. The number of benzene rings is 1. The SMILES string of the molecule is O=C1C=C2Nc3ccccc3NC2=CC1. The van der Waals surface area contributed by atoms with Gasteiger partial charge in [0.2, 0.25) is 0 Å². The van der Waals surface area contributed by atoms with Crippen molar-refractivity contribution in [3.63, 3.8) is 0 Å². The van der Waals surface area contributed by atoms with Crippen LogP contribution in [0.3, 0.4) is 0 Å². The highest BCUT2D eigenvalue weighted by atomic mass is 16.1. The number of hydrogen-bond acceptors (Lipinski definition) is 3. The summed E-state index contributed by atoms with van der Waals surface area (Å²) >= 11 is 0. The molecular weight excluding hydrogens is 188 g/mol. The Morgan fingerprint density at radius 2 is 1.67 bits per heavy atom. The second-order valence-electron chi connectivity index (χ2n) is 3.64. The van der Waals surface area contributed by atoms with Crippen LogP contribution in [0.4, 0.5) is 11.4 Å². The van der Waals surface area contributed by atoms with Gasteiger partial charge in [0.05, 0.1) is 22.8 Å². The Morgan fingerprint density at radius 3 is 2.40 bits per heavy atom. The molecule has 74 valence electrons. The summed E-state index contributed by atoms with van der Waals surface area (Å²) in [5.41, 5.74) is 3.92. The quantitative estimate of drug-likeness (QED) is 0.671. The molecule has 3 rings (SSSR count). The van der Waals surface area contributed by atoms with Gasteiger partial charge in [0, 0.05) is 12.5 Å². The monoisotopic (exact) mass is 198 g/mol. The van der Waals surface area contributed by atoms with Crippen LogP contribution < -0.4 is 10.6 Å². The van der Waals surface area contributed by atoms with Crippen LogP contribution in [0.5, 0.6) is 0 Å². The maximum Gasteiger partial charge on any atom is 0.161 e. The first-order chi connectivity index (χ1) is 7.33. The number of para-hydroxylation sites is 2. The van der Waals surface area contributed by atoms with E-state index in [2.05, 4.69) is 10.6 Å². The fraction of sp³-hybridized carbons (Fsp3) is 0.0833. The zero-order valence-electron chi connectivity index (χ0n) is 8.08. The minimum atomic E-state index is 0.141. The Bertz CT molecular complexity index is 500. The van der Waals surface area contributed by atoms with Gasteiger partial charge >= 0.3 is 0 Å². The molecule has 0 spiro atoms. The second-order valence-corrected chi connectivity index (χ2v) is 3.64. The van der Waals surface area contributed by atoms with E-state index < -0.39 is 0 Å². The van der Waals surface area contributed by atoms with Gasteiger partial charge in [0.25, 0.3) is 0 Å². The van der Waals surface area contributed by atoms with Crippen molar-refractivity contribution in [1.29, 1.82) is 0 Å². The number of nitrogens with one attached hydrogen (secondary N) is 2. The summed E-state index contributed by atoms with van der Waals surface area (Å²) in [6.45, 7) is 0. The molecule has 1 aliphatic heterocycles. The number of carbonyl (C=O) groups is 1. The van der Waals surface area contributed by atoms with E-state index in [0.717, 1.165) is 22.8 Å². The number of anilines is 2. The van der Waals surface area contributed by atoms with Crippen LogP contribution in [0.15, 0.2) is 47.8 Å². The second kappa shape index (κ2) is 2.98. The maximum absolute atomic E-state index is 11.2. The van der Waals surface area contributed by atoms with Crippen LogP contribution in [-0.4, -0.2) is 5.78 Å². The first kappa shape index (κ1) is 8.29. The summed E-state index contributed by atoms with van der Waals surface area (Å²) in [5.74, 6) is 0.141. The van der Waals surface area contributed by atoms with Gasteiger partial charge in [-0.25, -0.2) is 0 Å². The van der Waals surface area contributed by atoms with Gasteiger partial charge in [-0.15, -0.1) is 0 Å². The summed E-state index contributed by atoms with van der Waals surface area (Å²) in [5, 5.41) is 6.54. The Labute approximate surface area is 87.5 Å². The predicted octanol–water partition coefficient (Wildman–Crippen LogP) is 2.26. The molecule has 2 aliphatic rings. The predicted molar refractivity (Wildman–Crippen MR) is 59.5 cm³/mol. The van der Waals surface area contributed by atoms with E-state index in [9.17, 15) is 4.79 Å². The topological polar surface area (TPSA) is 41.1 Å². The van der Waals surface area contributed by atoms with E-state index in [1.165, 1.54) is 0 Å². The van der Waals surface area contributed by atoms with E-state index in [0.29, 0.717) is 6.42 Å². The molecule has 0 bridgehead atoms. The molecule has 0 aromatic heterocycles. The number of allylic oxidation sites excluding steroid dienone is 2. The molecule has 0 saturated heterocycles. The zero-order chi connectivity index (χ0) is 10.3. The van der Waals surface area contributed by atoms with Crippen LogP contribution in [0.1, 0.15) is 6.42 Å². The minimum Gasteiger partial charge on any atom is -0.352 e. The summed E-state index contributed by atoms with van der Waals surface area (Å²) in [6.07, 6.45) is 4.05. The van der Waals surface area contributed by atoms with Gasteiger partial charge in [-0.05, 0) is 12.1 Å². The average molecular weight is 198 g/mol. The molecule has 0 fully saturated rings. The van der Waals surface area contributed by atoms with E-state index in [-0.39, 0.29) is 5.78 Å². The number of hydrogen-bond donors (Lipinski definition) is 2. The molecule has 3 heteroatoms. The van der Waals surface area contributed by atoms with Crippen molar-refractivity contribution in [1.82, 2.24) is 0 Å². The molecule has 0 atom stereocenters. The highest BCUT2D eigenvalue weighted by molar-refractivity contribution is 5.96. The number of rotatable bonds is 0. The Hall–Kier alpha value is -2.03. The number of ketones is 1. The molecule has 0 radical (unpaired) electrons. The zero-order valence-corrected chi connectivity index (χ0v) is 8.08. The Kier molecular flexibility index (Phi) is 1.65. The van der Waals surface area contributed by atoms with Crippen LogP contribution in [0.2, 0.25) is 0 Å². The number of carbonyl (C=O) groups excluding carboxylic acids is 1. The van der Waals surface area contributed by atoms with Crippen molar-refractivity contribution >= 4 is 17.2 Å². The lowest BCUT2D eigenvalue weighted by atomic mass is 10.0. The molecule has 0 amide bonds. The lowest BCUT2D eigenvalue weighted by molar-refractivity contribution is -0.113. The fourth-order valence-corrected chi connectivity index (χ4v) is 1.82. The minimum absolute atomic E-state index is 0.141. The van der Waals surface area contributed by atoms with Crippen molar-refractivity contribution < 1.29 is 4.79 Å². The summed E-state index contributed by atoms with van der Waals surface area (Å²) in [7, 11) is 0. The Balaban J connectivity index is 2.07. The Morgan fingerprint density at radius 1 is 1.00 bits per heavy atom. The first-order valence-corrected chi connectivity index (χ1v) is 4.91. The lowest BCUT2D eigenvalue weighted by Gasteiger charge is -2.26. The summed E-state index contributed by atoms with van der Waals surface area (Å²) in [6, 6.07) is 7.94. The van der Waals surface area contributed by atoms with Gasteiger partial charge in [0.15, 0.2) is 5.78 Å². The molecule has 2 N–H and O–H groups in total. The molecule has 1 aromatic rings. The van der Waals surface area contributed by atoms with Crippen LogP contribution in [-0.2, 0) is 4.79 Å². The smallest absolute Gasteiger partial charge is 0.161 e. The highest BCUT2D eigenvalue weighted by Crippen LogP contribution is 2.32. The largest absolute Gasteiger partial charge is 0.352 e. The summed E-state index contributed by atoms with van der Waals surface area (Å²) in [4.78, 5) is 11.2. The molecule has 0 saturated carbocycles. The van der Waals surface area contributed by atoms with E-state index in [4.69, 9.17) is 0 Å². The molecule has 15 heavy (non-hydrogen) atoms. The third kappa shape index (κ3) is 1.32. The molecule has 3 nitrogen and oxygen atoms in total. The third-order valence-corrected chi connectivity index (χ3v) is 2.57. The van der Waals surface area contributed by atoms with Gasteiger partial charge < -0.3 is 10.6 Å². The van der Waals surface area contributed by atoms with Crippen LogP contribution in [0.25, 0.3) is 0 Å². The van der Waals surface area contributed by atoms with Crippen molar-refractivity contribution in [2.45, 2.75) is 6.42 Å². The average Bonchev–Trinajstić information content (AvgIpc) is 2.26.